The SMILES string of the molecule is CC(C)N1CCOC(COc2ccc(Br)cc2C=O)C1. The Morgan fingerprint density at radius 2 is 2.35 bits per heavy atom. The maximum Gasteiger partial charge on any atom is 0.153 e. The molecule has 0 spiro atoms. The van der Waals surface area contributed by atoms with Gasteiger partial charge in [0.05, 0.1) is 12.2 Å². The summed E-state index contributed by atoms with van der Waals surface area (Å²) in [6.07, 6.45) is 0.858. The third-order valence-electron chi connectivity index (χ3n) is 3.42. The molecule has 1 saturated heterocycles. The smallest absolute Gasteiger partial charge is 0.153 e. The molecule has 20 heavy (non-hydrogen) atoms. The van der Waals surface area contributed by atoms with Crippen LogP contribution in [0.15, 0.2) is 22.7 Å². The lowest BCUT2D eigenvalue weighted by Crippen LogP contribution is -2.47. The van der Waals surface area contributed by atoms with Gasteiger partial charge in [0.1, 0.15) is 18.5 Å². The van der Waals surface area contributed by atoms with Crippen LogP contribution in [0.2, 0.25) is 0 Å². The number of aldehydes is 1. The Labute approximate surface area is 128 Å². The molecule has 1 aromatic rings. The van der Waals surface area contributed by atoms with E-state index in [4.69, 9.17) is 9.47 Å². The highest BCUT2D eigenvalue weighted by Gasteiger charge is 2.22. The molecule has 4 nitrogen and oxygen atoms in total. The molecule has 1 unspecified atom stereocenters. The van der Waals surface area contributed by atoms with Crippen LogP contribution in [0.4, 0.5) is 0 Å². The van der Waals surface area contributed by atoms with Crippen molar-refractivity contribution < 1.29 is 14.3 Å². The molecule has 1 heterocycles. The number of benzene rings is 1. The topological polar surface area (TPSA) is 38.8 Å². The molecule has 0 aromatic heterocycles. The predicted octanol–water partition coefficient (Wildman–Crippen LogP) is 2.75. The first-order chi connectivity index (χ1) is 9.60. The summed E-state index contributed by atoms with van der Waals surface area (Å²) in [7, 11) is 0. The molecule has 0 radical (unpaired) electrons. The van der Waals surface area contributed by atoms with Crippen LogP contribution in [0.5, 0.6) is 5.75 Å². The average molecular weight is 342 g/mol. The molecule has 0 N–H and O–H groups in total. The van der Waals surface area contributed by atoms with Gasteiger partial charge in [-0.1, -0.05) is 15.9 Å². The van der Waals surface area contributed by atoms with Gasteiger partial charge in [-0.15, -0.1) is 0 Å². The lowest BCUT2D eigenvalue weighted by Gasteiger charge is -2.35. The largest absolute Gasteiger partial charge is 0.490 e. The molecule has 0 bridgehead atoms. The van der Waals surface area contributed by atoms with Crippen molar-refractivity contribution in [1.82, 2.24) is 4.90 Å². The molecular weight excluding hydrogens is 322 g/mol. The zero-order valence-corrected chi connectivity index (χ0v) is 13.4. The average Bonchev–Trinajstić information content (AvgIpc) is 2.46. The number of hydrogen-bond acceptors (Lipinski definition) is 4. The summed E-state index contributed by atoms with van der Waals surface area (Å²) in [6.45, 7) is 7.39. The molecule has 1 aliphatic rings. The van der Waals surface area contributed by atoms with E-state index >= 15 is 0 Å². The highest BCUT2D eigenvalue weighted by atomic mass is 79.9. The van der Waals surface area contributed by atoms with Gasteiger partial charge in [-0.2, -0.15) is 0 Å². The van der Waals surface area contributed by atoms with Crippen LogP contribution in [0.3, 0.4) is 0 Å². The third kappa shape index (κ3) is 4.04. The van der Waals surface area contributed by atoms with Gasteiger partial charge >= 0.3 is 0 Å². The van der Waals surface area contributed by atoms with Gasteiger partial charge in [-0.3, -0.25) is 9.69 Å². The second-order valence-electron chi connectivity index (χ2n) is 5.19. The lowest BCUT2D eigenvalue weighted by molar-refractivity contribution is -0.0565. The van der Waals surface area contributed by atoms with Crippen LogP contribution in [-0.4, -0.2) is 49.6 Å². The van der Waals surface area contributed by atoms with E-state index < -0.39 is 0 Å². The quantitative estimate of drug-likeness (QED) is 0.772. The van der Waals surface area contributed by atoms with E-state index in [9.17, 15) is 4.79 Å². The van der Waals surface area contributed by atoms with Crippen molar-refractivity contribution in [3.05, 3.63) is 28.2 Å². The number of nitrogens with zero attached hydrogens (tertiary/aromatic N) is 1. The fraction of sp³-hybridized carbons (Fsp3) is 0.533. The maximum atomic E-state index is 11.0. The number of morpholine rings is 1. The summed E-state index contributed by atoms with van der Waals surface area (Å²) in [5.74, 6) is 0.605. The Bertz CT molecular complexity index is 464. The second-order valence-corrected chi connectivity index (χ2v) is 6.11. The van der Waals surface area contributed by atoms with Crippen molar-refractivity contribution in [2.24, 2.45) is 0 Å². The van der Waals surface area contributed by atoms with Crippen molar-refractivity contribution >= 4 is 22.2 Å². The zero-order chi connectivity index (χ0) is 14.5. The molecule has 1 aliphatic heterocycles. The first kappa shape index (κ1) is 15.5. The van der Waals surface area contributed by atoms with Gasteiger partial charge in [-0.25, -0.2) is 0 Å². The first-order valence-electron chi connectivity index (χ1n) is 6.83. The van der Waals surface area contributed by atoms with Gasteiger partial charge in [0.2, 0.25) is 0 Å². The Hall–Kier alpha value is -0.910. The van der Waals surface area contributed by atoms with E-state index in [1.165, 1.54) is 0 Å². The van der Waals surface area contributed by atoms with E-state index in [-0.39, 0.29) is 6.10 Å². The van der Waals surface area contributed by atoms with Crippen molar-refractivity contribution in [3.63, 3.8) is 0 Å². The molecule has 1 aromatic carbocycles. The van der Waals surface area contributed by atoms with Crippen molar-refractivity contribution in [2.75, 3.05) is 26.3 Å². The van der Waals surface area contributed by atoms with Gasteiger partial charge in [0.25, 0.3) is 0 Å². The summed E-state index contributed by atoms with van der Waals surface area (Å²) >= 11 is 3.34. The van der Waals surface area contributed by atoms with E-state index in [0.717, 1.165) is 30.5 Å². The molecule has 1 atom stereocenters. The predicted molar refractivity (Wildman–Crippen MR) is 81.5 cm³/mol. The summed E-state index contributed by atoms with van der Waals surface area (Å²) in [5, 5.41) is 0. The normalized spacial score (nSPS) is 20.1. The highest BCUT2D eigenvalue weighted by Crippen LogP contribution is 2.22. The number of hydrogen-bond donors (Lipinski definition) is 0. The van der Waals surface area contributed by atoms with Crippen LogP contribution in [0.1, 0.15) is 24.2 Å². The van der Waals surface area contributed by atoms with Crippen LogP contribution in [-0.2, 0) is 4.74 Å². The number of halogens is 1. The van der Waals surface area contributed by atoms with E-state index in [1.54, 1.807) is 12.1 Å². The Morgan fingerprint density at radius 1 is 1.55 bits per heavy atom. The fourth-order valence-electron chi connectivity index (χ4n) is 2.24. The second kappa shape index (κ2) is 7.20. The van der Waals surface area contributed by atoms with Gasteiger partial charge < -0.3 is 9.47 Å². The Balaban J connectivity index is 1.93. The maximum absolute atomic E-state index is 11.0. The monoisotopic (exact) mass is 341 g/mol. The summed E-state index contributed by atoms with van der Waals surface area (Å²) in [5.41, 5.74) is 0.552. The molecule has 0 aliphatic carbocycles. The minimum atomic E-state index is 0.0503. The van der Waals surface area contributed by atoms with E-state index in [0.29, 0.717) is 24.0 Å². The van der Waals surface area contributed by atoms with Gasteiger partial charge in [0.15, 0.2) is 6.29 Å². The molecule has 1 fully saturated rings. The standard InChI is InChI=1S/C15H20BrNO3/c1-11(2)17-5-6-19-14(8-17)10-20-15-4-3-13(16)7-12(15)9-18/h3-4,7,9,11,14H,5-6,8,10H2,1-2H3. The van der Waals surface area contributed by atoms with Gasteiger partial charge in [-0.05, 0) is 32.0 Å². The molecule has 0 amide bonds. The van der Waals surface area contributed by atoms with Crippen LogP contribution in [0, 0.1) is 0 Å². The number of carbonyl (C=O) groups is 1. The molecule has 0 saturated carbocycles. The minimum absolute atomic E-state index is 0.0503. The zero-order valence-electron chi connectivity index (χ0n) is 11.8. The van der Waals surface area contributed by atoms with Crippen LogP contribution in [0.25, 0.3) is 0 Å². The summed E-state index contributed by atoms with van der Waals surface area (Å²) in [6, 6.07) is 5.94. The molecule has 5 heteroatoms. The van der Waals surface area contributed by atoms with Crippen molar-refractivity contribution in [2.45, 2.75) is 26.0 Å². The third-order valence-corrected chi connectivity index (χ3v) is 3.92. The Kier molecular flexibility index (Phi) is 5.57. The van der Waals surface area contributed by atoms with Gasteiger partial charge in [0, 0.05) is 23.6 Å². The first-order valence-corrected chi connectivity index (χ1v) is 7.62. The number of carbonyl (C=O) groups excluding carboxylic acids is 1. The van der Waals surface area contributed by atoms with E-state index in [2.05, 4.69) is 34.7 Å². The number of ether oxygens (including phenoxy) is 2. The minimum Gasteiger partial charge on any atom is -0.490 e. The van der Waals surface area contributed by atoms with E-state index in [1.807, 2.05) is 6.07 Å². The molecule has 2 rings (SSSR count). The lowest BCUT2D eigenvalue weighted by atomic mass is 10.2. The van der Waals surface area contributed by atoms with Crippen LogP contribution < -0.4 is 4.74 Å². The van der Waals surface area contributed by atoms with Crippen molar-refractivity contribution in [3.8, 4) is 5.75 Å². The molecular formula is C15H20BrNO3. The van der Waals surface area contributed by atoms with Crippen LogP contribution >= 0.6 is 15.9 Å². The fourth-order valence-corrected chi connectivity index (χ4v) is 2.62. The van der Waals surface area contributed by atoms with Crippen molar-refractivity contribution in [1.29, 1.82) is 0 Å². The summed E-state index contributed by atoms with van der Waals surface area (Å²) in [4.78, 5) is 13.4. The highest BCUT2D eigenvalue weighted by molar-refractivity contribution is 9.10. The Morgan fingerprint density at radius 3 is 3.05 bits per heavy atom. The summed E-state index contributed by atoms with van der Waals surface area (Å²) < 4.78 is 12.3. The number of rotatable bonds is 5. The molecule has 110 valence electrons.